The van der Waals surface area contributed by atoms with Crippen molar-refractivity contribution in [3.63, 3.8) is 0 Å². The molecule has 5 rings (SSSR count). The molecule has 0 amide bonds. The normalized spacial score (nSPS) is 20.3. The Kier molecular flexibility index (Phi) is 7.01. The van der Waals surface area contributed by atoms with Crippen molar-refractivity contribution in [1.82, 2.24) is 29.2 Å². The lowest BCUT2D eigenvalue weighted by Crippen LogP contribution is -2.40. The van der Waals surface area contributed by atoms with Gasteiger partial charge in [0.25, 0.3) is 22.0 Å². The molecule has 0 radical (unpaired) electrons. The lowest BCUT2D eigenvalue weighted by Gasteiger charge is -2.36. The van der Waals surface area contributed by atoms with Crippen LogP contribution in [0.25, 0.3) is 11.4 Å². The number of hydrogen-bond donors (Lipinski definition) is 0. The maximum absolute atomic E-state index is 14.0. The fraction of sp³-hybridized carbons (Fsp3) is 0.500. The second kappa shape index (κ2) is 10.1. The SMILES string of the molecule is CCC(F)(F)c1nc(-c2ccc(S(=O)(=O)N(C=C(F)F)[C@H]3CCC[C@@H](n4cnnc4)C3)c(C3CC3)c2)no1. The highest BCUT2D eigenvalue weighted by molar-refractivity contribution is 7.89. The van der Waals surface area contributed by atoms with E-state index in [0.717, 1.165) is 10.7 Å². The third kappa shape index (κ3) is 5.18. The summed E-state index contributed by atoms with van der Waals surface area (Å²) in [4.78, 5) is 3.71. The minimum atomic E-state index is -4.39. The Bertz CT molecular complexity index is 1420. The lowest BCUT2D eigenvalue weighted by atomic mass is 9.91. The first-order valence-corrected chi connectivity index (χ1v) is 13.8. The Labute approximate surface area is 216 Å². The third-order valence-corrected chi connectivity index (χ3v) is 8.97. The van der Waals surface area contributed by atoms with Crippen LogP contribution < -0.4 is 0 Å². The van der Waals surface area contributed by atoms with E-state index in [1.54, 1.807) is 4.57 Å². The monoisotopic (exact) mass is 554 g/mol. The van der Waals surface area contributed by atoms with Gasteiger partial charge in [-0.2, -0.15) is 22.5 Å². The van der Waals surface area contributed by atoms with Crippen LogP contribution in [-0.2, 0) is 15.9 Å². The highest BCUT2D eigenvalue weighted by Gasteiger charge is 2.39. The highest BCUT2D eigenvalue weighted by Crippen LogP contribution is 2.45. The van der Waals surface area contributed by atoms with E-state index in [4.69, 9.17) is 4.52 Å². The van der Waals surface area contributed by atoms with E-state index < -0.39 is 40.4 Å². The molecule has 14 heteroatoms. The molecular formula is C24H26F4N6O3S. The zero-order chi connectivity index (χ0) is 27.1. The van der Waals surface area contributed by atoms with E-state index >= 15 is 0 Å². The Hall–Kier alpha value is -3.29. The van der Waals surface area contributed by atoms with Gasteiger partial charge in [0.2, 0.25) is 5.82 Å². The molecule has 2 aliphatic carbocycles. The van der Waals surface area contributed by atoms with Crippen LogP contribution in [0.1, 0.15) is 75.3 Å². The van der Waals surface area contributed by atoms with Gasteiger partial charge in [0.1, 0.15) is 12.7 Å². The molecular weight excluding hydrogens is 528 g/mol. The number of hydrogen-bond acceptors (Lipinski definition) is 7. The number of alkyl halides is 2. The number of sulfonamides is 1. The smallest absolute Gasteiger partial charge is 0.324 e. The van der Waals surface area contributed by atoms with E-state index in [-0.39, 0.29) is 22.7 Å². The van der Waals surface area contributed by atoms with Gasteiger partial charge < -0.3 is 9.09 Å². The van der Waals surface area contributed by atoms with Gasteiger partial charge in [0, 0.05) is 24.1 Å². The van der Waals surface area contributed by atoms with Gasteiger partial charge in [-0.05, 0) is 68.2 Å². The topological polar surface area (TPSA) is 107 Å². The summed E-state index contributed by atoms with van der Waals surface area (Å²) in [6.45, 7) is 1.29. The van der Waals surface area contributed by atoms with Gasteiger partial charge in [-0.1, -0.05) is 12.1 Å². The summed E-state index contributed by atoms with van der Waals surface area (Å²) in [5.74, 6) is -4.33. The second-order valence-electron chi connectivity index (χ2n) is 9.65. The van der Waals surface area contributed by atoms with Crippen LogP contribution in [0.3, 0.4) is 0 Å². The molecule has 0 spiro atoms. The van der Waals surface area contributed by atoms with Crippen LogP contribution >= 0.6 is 0 Å². The number of aromatic nitrogens is 5. The first-order chi connectivity index (χ1) is 18.1. The van der Waals surface area contributed by atoms with Gasteiger partial charge in [0.15, 0.2) is 0 Å². The largest absolute Gasteiger partial charge is 0.332 e. The van der Waals surface area contributed by atoms with E-state index in [9.17, 15) is 26.0 Å². The van der Waals surface area contributed by atoms with Crippen LogP contribution in [0.4, 0.5) is 17.6 Å². The zero-order valence-corrected chi connectivity index (χ0v) is 21.3. The van der Waals surface area contributed by atoms with Crippen LogP contribution in [0.15, 0.2) is 52.6 Å². The van der Waals surface area contributed by atoms with Crippen molar-refractivity contribution in [2.24, 2.45) is 0 Å². The Morgan fingerprint density at radius 3 is 2.58 bits per heavy atom. The summed E-state index contributed by atoms with van der Waals surface area (Å²) in [5, 5.41) is 11.2. The Morgan fingerprint density at radius 1 is 1.18 bits per heavy atom. The van der Waals surface area contributed by atoms with Crippen molar-refractivity contribution in [3.8, 4) is 11.4 Å². The van der Waals surface area contributed by atoms with E-state index in [1.165, 1.54) is 37.8 Å². The average Bonchev–Trinajstić information content (AvgIpc) is 3.37. The highest BCUT2D eigenvalue weighted by atomic mass is 32.2. The van der Waals surface area contributed by atoms with Crippen molar-refractivity contribution < 1.29 is 30.5 Å². The van der Waals surface area contributed by atoms with Gasteiger partial charge in [-0.15, -0.1) is 10.2 Å². The van der Waals surface area contributed by atoms with Crippen molar-refractivity contribution >= 4 is 10.0 Å². The van der Waals surface area contributed by atoms with Gasteiger partial charge >= 0.3 is 5.92 Å². The average molecular weight is 555 g/mol. The Morgan fingerprint density at radius 2 is 1.92 bits per heavy atom. The number of nitrogens with zero attached hydrogens (tertiary/aromatic N) is 6. The summed E-state index contributed by atoms with van der Waals surface area (Å²) in [6.07, 6.45) is 4.33. The van der Waals surface area contributed by atoms with Gasteiger partial charge in [-0.3, -0.25) is 4.31 Å². The predicted octanol–water partition coefficient (Wildman–Crippen LogP) is 5.62. The van der Waals surface area contributed by atoms with E-state index in [1.807, 2.05) is 0 Å². The molecule has 2 aromatic heterocycles. The van der Waals surface area contributed by atoms with Crippen molar-refractivity contribution in [3.05, 3.63) is 54.6 Å². The summed E-state index contributed by atoms with van der Waals surface area (Å²) >= 11 is 0. The molecule has 2 fully saturated rings. The zero-order valence-electron chi connectivity index (χ0n) is 20.5. The van der Waals surface area contributed by atoms with Gasteiger partial charge in [-0.25, -0.2) is 8.42 Å². The molecule has 0 N–H and O–H groups in total. The lowest BCUT2D eigenvalue weighted by molar-refractivity contribution is -0.0391. The van der Waals surface area contributed by atoms with Crippen molar-refractivity contribution in [2.45, 2.75) is 80.7 Å². The fourth-order valence-corrected chi connectivity index (χ4v) is 6.69. The molecule has 2 aliphatic rings. The van der Waals surface area contributed by atoms with Crippen LogP contribution in [0.2, 0.25) is 0 Å². The molecule has 2 atom stereocenters. The number of benzene rings is 1. The first kappa shape index (κ1) is 26.3. The van der Waals surface area contributed by atoms with Crippen LogP contribution in [-0.4, -0.2) is 43.7 Å². The standard InChI is InChI=1S/C24H26F4N6O3S/c1-2-24(27,28)23-31-22(32-37-23)16-8-9-20(19(10-16)15-6-7-15)38(35,36)34(12-21(25)26)18-5-3-4-17(11-18)33-13-29-30-14-33/h8-10,12-15,17-18H,2-7,11H2,1H3/t17-,18+/m1/s1. The summed E-state index contributed by atoms with van der Waals surface area (Å²) in [5.41, 5.74) is 0.719. The molecule has 1 aromatic carbocycles. The summed E-state index contributed by atoms with van der Waals surface area (Å²) < 4.78 is 90.2. The molecule has 2 heterocycles. The number of halogens is 4. The minimum absolute atomic E-state index is 0.102. The molecule has 2 saturated carbocycles. The second-order valence-corrected chi connectivity index (χ2v) is 11.5. The fourth-order valence-electron chi connectivity index (χ4n) is 4.90. The molecule has 38 heavy (non-hydrogen) atoms. The molecule has 0 saturated heterocycles. The van der Waals surface area contributed by atoms with Crippen LogP contribution in [0.5, 0.6) is 0 Å². The summed E-state index contributed by atoms with van der Waals surface area (Å²) in [6, 6.07) is 3.38. The summed E-state index contributed by atoms with van der Waals surface area (Å²) in [7, 11) is -4.39. The maximum Gasteiger partial charge on any atom is 0.324 e. The minimum Gasteiger partial charge on any atom is -0.332 e. The molecule has 9 nitrogen and oxygen atoms in total. The molecule has 3 aromatic rings. The predicted molar refractivity (Wildman–Crippen MR) is 127 cm³/mol. The third-order valence-electron chi connectivity index (χ3n) is 7.09. The quantitative estimate of drug-likeness (QED) is 0.316. The molecule has 0 bridgehead atoms. The molecule has 0 unspecified atom stereocenters. The van der Waals surface area contributed by atoms with Crippen molar-refractivity contribution in [1.29, 1.82) is 0 Å². The maximum atomic E-state index is 14.0. The first-order valence-electron chi connectivity index (χ1n) is 12.4. The number of rotatable bonds is 9. The van der Waals surface area contributed by atoms with E-state index in [0.29, 0.717) is 49.4 Å². The Balaban J connectivity index is 1.50. The van der Waals surface area contributed by atoms with Crippen molar-refractivity contribution in [2.75, 3.05) is 0 Å². The molecule has 0 aliphatic heterocycles. The van der Waals surface area contributed by atoms with E-state index in [2.05, 4.69) is 20.3 Å². The molecule has 204 valence electrons. The van der Waals surface area contributed by atoms with Gasteiger partial charge in [0.05, 0.1) is 11.1 Å². The van der Waals surface area contributed by atoms with Crippen LogP contribution in [0, 0.1) is 0 Å².